The summed E-state index contributed by atoms with van der Waals surface area (Å²) in [4.78, 5) is 36.9. The highest BCUT2D eigenvalue weighted by atomic mass is 79.9. The number of rotatable bonds is 3. The van der Waals surface area contributed by atoms with Gasteiger partial charge in [0, 0.05) is 0 Å². The van der Waals surface area contributed by atoms with Crippen LogP contribution in [0.3, 0.4) is 0 Å². The molecule has 2 aromatic heterocycles. The lowest BCUT2D eigenvalue weighted by atomic mass is 10.2. The summed E-state index contributed by atoms with van der Waals surface area (Å²) in [6.07, 6.45) is 0. The number of fused-ring (bicyclic) bond motifs is 1. The predicted octanol–water partition coefficient (Wildman–Crippen LogP) is 2.40. The molecule has 0 aliphatic carbocycles. The van der Waals surface area contributed by atoms with E-state index < -0.39 is 0 Å². The van der Waals surface area contributed by atoms with E-state index in [1.165, 1.54) is 11.3 Å². The standard InChI is InChI=1S/C14H9BrN2O3S/c15-12-6-5-11(21-12)10(18)7-17-14(20)9-4-2-1-3-8(9)13(19)16-17/h1-6H,7H2,(H,16,19). The van der Waals surface area contributed by atoms with Gasteiger partial charge in [-0.3, -0.25) is 19.5 Å². The first-order valence-electron chi connectivity index (χ1n) is 6.06. The Morgan fingerprint density at radius 3 is 2.52 bits per heavy atom. The molecule has 1 N–H and O–H groups in total. The summed E-state index contributed by atoms with van der Waals surface area (Å²) in [6, 6.07) is 9.99. The maximum absolute atomic E-state index is 12.3. The quantitative estimate of drug-likeness (QED) is 0.725. The SMILES string of the molecule is O=C(Cn1[nH]c(=O)c2ccccc2c1=O)c1ccc(Br)s1. The predicted molar refractivity (Wildman–Crippen MR) is 85.2 cm³/mol. The van der Waals surface area contributed by atoms with E-state index in [1.54, 1.807) is 36.4 Å². The fraction of sp³-hybridized carbons (Fsp3) is 0.0714. The normalized spacial score (nSPS) is 10.9. The van der Waals surface area contributed by atoms with Gasteiger partial charge < -0.3 is 0 Å². The molecule has 7 heteroatoms. The van der Waals surface area contributed by atoms with Gasteiger partial charge in [0.1, 0.15) is 6.54 Å². The molecule has 0 fully saturated rings. The molecule has 0 aliphatic heterocycles. The minimum absolute atomic E-state index is 0.189. The Balaban J connectivity index is 2.06. The molecule has 3 aromatic rings. The van der Waals surface area contributed by atoms with Crippen molar-refractivity contribution >= 4 is 43.8 Å². The summed E-state index contributed by atoms with van der Waals surface area (Å²) < 4.78 is 1.89. The topological polar surface area (TPSA) is 71.9 Å². The van der Waals surface area contributed by atoms with Gasteiger partial charge in [-0.2, -0.15) is 0 Å². The smallest absolute Gasteiger partial charge is 0.273 e. The van der Waals surface area contributed by atoms with Crippen LogP contribution in [-0.2, 0) is 6.54 Å². The largest absolute Gasteiger partial charge is 0.291 e. The molecule has 0 radical (unpaired) electrons. The Morgan fingerprint density at radius 2 is 1.86 bits per heavy atom. The molecule has 21 heavy (non-hydrogen) atoms. The molecule has 0 saturated heterocycles. The molecule has 3 rings (SSSR count). The average Bonchev–Trinajstić information content (AvgIpc) is 2.91. The van der Waals surface area contributed by atoms with Crippen molar-refractivity contribution in [1.29, 1.82) is 0 Å². The zero-order valence-corrected chi connectivity index (χ0v) is 13.0. The van der Waals surface area contributed by atoms with Crippen LogP contribution < -0.4 is 11.1 Å². The molecule has 5 nitrogen and oxygen atoms in total. The van der Waals surface area contributed by atoms with Gasteiger partial charge in [0.05, 0.1) is 19.4 Å². The van der Waals surface area contributed by atoms with Crippen molar-refractivity contribution in [3.05, 3.63) is 65.8 Å². The maximum Gasteiger partial charge on any atom is 0.273 e. The van der Waals surface area contributed by atoms with Gasteiger partial charge in [0.15, 0.2) is 5.78 Å². The number of aromatic amines is 1. The van der Waals surface area contributed by atoms with Crippen molar-refractivity contribution in [3.63, 3.8) is 0 Å². The Hall–Kier alpha value is -1.99. The number of nitrogens with zero attached hydrogens (tertiary/aromatic N) is 1. The van der Waals surface area contributed by atoms with Gasteiger partial charge in [-0.25, -0.2) is 4.68 Å². The average molecular weight is 365 g/mol. The van der Waals surface area contributed by atoms with Crippen LogP contribution in [0, 0.1) is 0 Å². The number of halogens is 1. The number of thiophene rings is 1. The molecule has 0 bridgehead atoms. The van der Waals surface area contributed by atoms with Crippen LogP contribution in [0.2, 0.25) is 0 Å². The van der Waals surface area contributed by atoms with E-state index in [0.29, 0.717) is 15.6 Å². The Bertz CT molecular complexity index is 954. The highest BCUT2D eigenvalue weighted by Crippen LogP contribution is 2.22. The van der Waals surface area contributed by atoms with Crippen molar-refractivity contribution in [2.75, 3.05) is 0 Å². The van der Waals surface area contributed by atoms with Crippen LogP contribution >= 0.6 is 27.3 Å². The molecule has 0 spiro atoms. The van der Waals surface area contributed by atoms with Crippen LogP contribution in [0.15, 0.2) is 49.8 Å². The lowest BCUT2D eigenvalue weighted by Gasteiger charge is -2.05. The van der Waals surface area contributed by atoms with Crippen molar-refractivity contribution in [2.45, 2.75) is 6.54 Å². The number of aromatic nitrogens is 2. The Kier molecular flexibility index (Phi) is 3.60. The zero-order valence-electron chi connectivity index (χ0n) is 10.6. The fourth-order valence-corrected chi connectivity index (χ4v) is 3.36. The molecule has 0 atom stereocenters. The summed E-state index contributed by atoms with van der Waals surface area (Å²) in [7, 11) is 0. The minimum atomic E-state index is -0.384. The number of benzene rings is 1. The van der Waals surface area contributed by atoms with Crippen LogP contribution in [0.1, 0.15) is 9.67 Å². The maximum atomic E-state index is 12.3. The lowest BCUT2D eigenvalue weighted by molar-refractivity contribution is 0.0969. The summed E-state index contributed by atoms with van der Waals surface area (Å²) >= 11 is 4.57. The van der Waals surface area contributed by atoms with Crippen molar-refractivity contribution in [2.24, 2.45) is 0 Å². The van der Waals surface area contributed by atoms with E-state index in [4.69, 9.17) is 0 Å². The highest BCUT2D eigenvalue weighted by molar-refractivity contribution is 9.11. The summed E-state index contributed by atoms with van der Waals surface area (Å²) in [5, 5.41) is 3.08. The van der Waals surface area contributed by atoms with Crippen molar-refractivity contribution < 1.29 is 4.79 Å². The van der Waals surface area contributed by atoms with E-state index in [-0.39, 0.29) is 23.4 Å². The second-order valence-corrected chi connectivity index (χ2v) is 6.87. The molecule has 0 unspecified atom stereocenters. The zero-order chi connectivity index (χ0) is 15.0. The fourth-order valence-electron chi connectivity index (χ4n) is 2.04. The van der Waals surface area contributed by atoms with Crippen LogP contribution in [0.5, 0.6) is 0 Å². The number of ketones is 1. The van der Waals surface area contributed by atoms with Crippen LogP contribution in [0.25, 0.3) is 10.8 Å². The third kappa shape index (κ3) is 2.62. The van der Waals surface area contributed by atoms with Gasteiger partial charge in [0.25, 0.3) is 11.1 Å². The van der Waals surface area contributed by atoms with Gasteiger partial charge in [-0.15, -0.1) is 11.3 Å². The molecule has 0 aliphatic rings. The molecular formula is C14H9BrN2O3S. The number of hydrogen-bond donors (Lipinski definition) is 1. The van der Waals surface area contributed by atoms with Gasteiger partial charge in [0.2, 0.25) is 0 Å². The van der Waals surface area contributed by atoms with Crippen LogP contribution in [0.4, 0.5) is 0 Å². The lowest BCUT2D eigenvalue weighted by Crippen LogP contribution is -2.32. The number of H-pyrrole nitrogens is 1. The molecule has 106 valence electrons. The number of carbonyl (C=O) groups is 1. The highest BCUT2D eigenvalue weighted by Gasteiger charge is 2.13. The second kappa shape index (κ2) is 5.42. The van der Waals surface area contributed by atoms with Crippen molar-refractivity contribution in [3.8, 4) is 0 Å². The van der Waals surface area contributed by atoms with E-state index >= 15 is 0 Å². The molecule has 0 amide bonds. The number of nitrogens with one attached hydrogen (secondary N) is 1. The minimum Gasteiger partial charge on any atom is -0.291 e. The number of carbonyl (C=O) groups excluding carboxylic acids is 1. The molecule has 1 aromatic carbocycles. The Morgan fingerprint density at radius 1 is 1.14 bits per heavy atom. The molecule has 2 heterocycles. The van der Waals surface area contributed by atoms with E-state index in [0.717, 1.165) is 8.47 Å². The Labute approximate surface area is 131 Å². The third-order valence-corrected chi connectivity index (χ3v) is 4.70. The first kappa shape index (κ1) is 14.0. The first-order chi connectivity index (χ1) is 10.1. The summed E-state index contributed by atoms with van der Waals surface area (Å²) in [5.41, 5.74) is -0.764. The number of Topliss-reactive ketones (excluding diaryl/α,β-unsaturated/α-hetero) is 1. The van der Waals surface area contributed by atoms with Crippen molar-refractivity contribution in [1.82, 2.24) is 9.78 Å². The van der Waals surface area contributed by atoms with Gasteiger partial charge >= 0.3 is 0 Å². The van der Waals surface area contributed by atoms with Gasteiger partial charge in [-0.1, -0.05) is 12.1 Å². The van der Waals surface area contributed by atoms with E-state index in [1.807, 2.05) is 0 Å². The van der Waals surface area contributed by atoms with Gasteiger partial charge in [-0.05, 0) is 40.2 Å². The number of hydrogen-bond acceptors (Lipinski definition) is 4. The summed E-state index contributed by atoms with van der Waals surface area (Å²) in [5.74, 6) is -0.223. The monoisotopic (exact) mass is 364 g/mol. The first-order valence-corrected chi connectivity index (χ1v) is 7.67. The third-order valence-electron chi connectivity index (χ3n) is 3.03. The molecule has 0 saturated carbocycles. The second-order valence-electron chi connectivity index (χ2n) is 4.40. The van der Waals surface area contributed by atoms with E-state index in [9.17, 15) is 14.4 Å². The molecular weight excluding hydrogens is 356 g/mol. The van der Waals surface area contributed by atoms with E-state index in [2.05, 4.69) is 21.0 Å². The van der Waals surface area contributed by atoms with Crippen LogP contribution in [-0.4, -0.2) is 15.6 Å². The summed E-state index contributed by atoms with van der Waals surface area (Å²) in [6.45, 7) is -0.189.